The largest absolute Gasteiger partial charge is 0.388 e. The van der Waals surface area contributed by atoms with Crippen molar-refractivity contribution in [3.63, 3.8) is 0 Å². The van der Waals surface area contributed by atoms with E-state index >= 15 is 0 Å². The smallest absolute Gasteiger partial charge is 0.115 e. The van der Waals surface area contributed by atoms with Crippen LogP contribution in [0, 0.1) is 0 Å². The molecule has 1 aliphatic carbocycles. The van der Waals surface area contributed by atoms with Crippen molar-refractivity contribution < 1.29 is 14.2 Å². The van der Waals surface area contributed by atoms with Crippen LogP contribution in [0.3, 0.4) is 0 Å². The van der Waals surface area contributed by atoms with Gasteiger partial charge in [0.25, 0.3) is 0 Å². The molecule has 1 saturated heterocycles. The highest BCUT2D eigenvalue weighted by Crippen LogP contribution is 2.24. The second-order valence-electron chi connectivity index (χ2n) is 4.77. The summed E-state index contributed by atoms with van der Waals surface area (Å²) in [6, 6.07) is -0.0446. The average molecular weight is 217 g/mol. The summed E-state index contributed by atoms with van der Waals surface area (Å²) in [5, 5.41) is 13.3. The molecule has 0 amide bonds. The van der Waals surface area contributed by atoms with E-state index in [1.807, 2.05) is 0 Å². The maximum Gasteiger partial charge on any atom is 0.115 e. The average Bonchev–Trinajstić information content (AvgIpc) is 2.62. The van der Waals surface area contributed by atoms with E-state index in [-0.39, 0.29) is 6.04 Å². The zero-order valence-electron chi connectivity index (χ0n) is 9.04. The van der Waals surface area contributed by atoms with E-state index in [9.17, 15) is 9.50 Å². The zero-order valence-corrected chi connectivity index (χ0v) is 9.04. The van der Waals surface area contributed by atoms with E-state index in [0.29, 0.717) is 39.0 Å². The molecule has 3 nitrogen and oxygen atoms in total. The van der Waals surface area contributed by atoms with Gasteiger partial charge in [0.05, 0.1) is 5.60 Å². The van der Waals surface area contributed by atoms with Crippen molar-refractivity contribution >= 4 is 0 Å². The highest BCUT2D eigenvalue weighted by molar-refractivity contribution is 4.89. The van der Waals surface area contributed by atoms with Crippen LogP contribution >= 0.6 is 0 Å². The molecule has 0 aromatic carbocycles. The SMILES string of the molecule is OC1(CN[C@@H]2CCC[C@H]2F)CCOCC1. The van der Waals surface area contributed by atoms with Crippen molar-refractivity contribution in [2.24, 2.45) is 0 Å². The zero-order chi connectivity index (χ0) is 10.7. The molecule has 2 aliphatic rings. The summed E-state index contributed by atoms with van der Waals surface area (Å²) < 4.78 is 18.5. The van der Waals surface area contributed by atoms with Crippen molar-refractivity contribution in [1.29, 1.82) is 0 Å². The third kappa shape index (κ3) is 2.89. The van der Waals surface area contributed by atoms with Gasteiger partial charge < -0.3 is 15.2 Å². The van der Waals surface area contributed by atoms with E-state index in [1.165, 1.54) is 0 Å². The first-order chi connectivity index (χ1) is 7.20. The predicted molar refractivity (Wildman–Crippen MR) is 55.5 cm³/mol. The number of ether oxygens (including phenoxy) is 1. The number of aliphatic hydroxyl groups is 1. The molecule has 1 saturated carbocycles. The Morgan fingerprint density at radius 3 is 2.67 bits per heavy atom. The molecule has 0 aromatic rings. The predicted octanol–water partition coefficient (Wildman–Crippen LogP) is 1.01. The Hall–Kier alpha value is -0.190. The van der Waals surface area contributed by atoms with Crippen molar-refractivity contribution in [3.05, 3.63) is 0 Å². The molecule has 1 heterocycles. The van der Waals surface area contributed by atoms with Gasteiger partial charge in [0.2, 0.25) is 0 Å². The molecule has 2 rings (SSSR count). The molecular formula is C11H20FNO2. The summed E-state index contributed by atoms with van der Waals surface area (Å²) in [7, 11) is 0. The van der Waals surface area contributed by atoms with Gasteiger partial charge in [0.1, 0.15) is 6.17 Å². The minimum Gasteiger partial charge on any atom is -0.388 e. The normalized spacial score (nSPS) is 35.6. The molecule has 0 aromatic heterocycles. The lowest BCUT2D eigenvalue weighted by Gasteiger charge is -2.33. The Morgan fingerprint density at radius 2 is 2.07 bits per heavy atom. The monoisotopic (exact) mass is 217 g/mol. The molecule has 0 spiro atoms. The molecule has 4 heteroatoms. The van der Waals surface area contributed by atoms with Gasteiger partial charge in [-0.05, 0) is 19.3 Å². The van der Waals surface area contributed by atoms with Gasteiger partial charge in [0.15, 0.2) is 0 Å². The first-order valence-electron chi connectivity index (χ1n) is 5.87. The minimum atomic E-state index is -0.728. The molecule has 88 valence electrons. The standard InChI is InChI=1S/C11H20FNO2/c12-9-2-1-3-10(9)13-8-11(14)4-6-15-7-5-11/h9-10,13-14H,1-8H2/t9-,10-/m1/s1. The molecule has 2 N–H and O–H groups in total. The second-order valence-corrected chi connectivity index (χ2v) is 4.77. The maximum atomic E-state index is 13.3. The fourth-order valence-corrected chi connectivity index (χ4v) is 2.39. The minimum absolute atomic E-state index is 0.0446. The summed E-state index contributed by atoms with van der Waals surface area (Å²) >= 11 is 0. The molecule has 0 radical (unpaired) electrons. The molecule has 0 bridgehead atoms. The van der Waals surface area contributed by atoms with Crippen molar-refractivity contribution in [2.45, 2.75) is 49.9 Å². The Kier molecular flexibility index (Phi) is 3.59. The van der Waals surface area contributed by atoms with E-state index < -0.39 is 11.8 Å². The Balaban J connectivity index is 1.76. The summed E-state index contributed by atoms with van der Waals surface area (Å²) in [5.41, 5.74) is -0.680. The molecular weight excluding hydrogens is 197 g/mol. The van der Waals surface area contributed by atoms with E-state index in [0.717, 1.165) is 12.8 Å². The summed E-state index contributed by atoms with van der Waals surface area (Å²) in [4.78, 5) is 0. The summed E-state index contributed by atoms with van der Waals surface area (Å²) in [6.45, 7) is 1.73. The van der Waals surface area contributed by atoms with Crippen LogP contribution in [0.4, 0.5) is 4.39 Å². The Bertz CT molecular complexity index is 207. The van der Waals surface area contributed by atoms with Crippen LogP contribution in [0.2, 0.25) is 0 Å². The highest BCUT2D eigenvalue weighted by Gasteiger charge is 2.33. The van der Waals surface area contributed by atoms with Gasteiger partial charge in [-0.1, -0.05) is 0 Å². The molecule has 2 atom stereocenters. The highest BCUT2D eigenvalue weighted by atomic mass is 19.1. The number of nitrogens with one attached hydrogen (secondary N) is 1. The third-order valence-corrected chi connectivity index (χ3v) is 3.55. The fourth-order valence-electron chi connectivity index (χ4n) is 2.39. The van der Waals surface area contributed by atoms with Crippen molar-refractivity contribution in [1.82, 2.24) is 5.32 Å². The first kappa shape index (κ1) is 11.3. The van der Waals surface area contributed by atoms with Gasteiger partial charge in [-0.3, -0.25) is 0 Å². The van der Waals surface area contributed by atoms with Crippen LogP contribution in [0.5, 0.6) is 0 Å². The fraction of sp³-hybridized carbons (Fsp3) is 1.00. The quantitative estimate of drug-likeness (QED) is 0.741. The van der Waals surface area contributed by atoms with Crippen LogP contribution in [0.1, 0.15) is 32.1 Å². The first-order valence-corrected chi connectivity index (χ1v) is 5.87. The Morgan fingerprint density at radius 1 is 1.33 bits per heavy atom. The number of hydrogen-bond acceptors (Lipinski definition) is 3. The topological polar surface area (TPSA) is 41.5 Å². The maximum absolute atomic E-state index is 13.3. The molecule has 0 unspecified atom stereocenters. The third-order valence-electron chi connectivity index (χ3n) is 3.55. The Labute approximate surface area is 90.0 Å². The number of halogens is 1. The van der Waals surface area contributed by atoms with Gasteiger partial charge in [-0.25, -0.2) is 4.39 Å². The molecule has 15 heavy (non-hydrogen) atoms. The van der Waals surface area contributed by atoms with Gasteiger partial charge >= 0.3 is 0 Å². The number of alkyl halides is 1. The number of hydrogen-bond donors (Lipinski definition) is 2. The molecule has 2 fully saturated rings. The lowest BCUT2D eigenvalue weighted by atomic mass is 9.94. The number of rotatable bonds is 3. The van der Waals surface area contributed by atoms with E-state index in [1.54, 1.807) is 0 Å². The van der Waals surface area contributed by atoms with Gasteiger partial charge in [0, 0.05) is 38.6 Å². The van der Waals surface area contributed by atoms with Crippen LogP contribution in [0.15, 0.2) is 0 Å². The van der Waals surface area contributed by atoms with Gasteiger partial charge in [-0.15, -0.1) is 0 Å². The van der Waals surface area contributed by atoms with E-state index in [2.05, 4.69) is 5.32 Å². The summed E-state index contributed by atoms with van der Waals surface area (Å²) in [5.74, 6) is 0. The van der Waals surface area contributed by atoms with Crippen LogP contribution in [-0.2, 0) is 4.74 Å². The van der Waals surface area contributed by atoms with Crippen LogP contribution in [-0.4, -0.2) is 42.7 Å². The van der Waals surface area contributed by atoms with Crippen molar-refractivity contribution in [3.8, 4) is 0 Å². The lowest BCUT2D eigenvalue weighted by Crippen LogP contribution is -2.48. The molecule has 1 aliphatic heterocycles. The van der Waals surface area contributed by atoms with E-state index in [4.69, 9.17) is 4.74 Å². The second kappa shape index (κ2) is 4.76. The van der Waals surface area contributed by atoms with Gasteiger partial charge in [-0.2, -0.15) is 0 Å². The van der Waals surface area contributed by atoms with Crippen molar-refractivity contribution in [2.75, 3.05) is 19.8 Å². The lowest BCUT2D eigenvalue weighted by molar-refractivity contribution is -0.0633. The summed E-state index contributed by atoms with van der Waals surface area (Å²) in [6.07, 6.45) is 3.11. The van der Waals surface area contributed by atoms with Crippen LogP contribution < -0.4 is 5.32 Å². The van der Waals surface area contributed by atoms with Crippen LogP contribution in [0.25, 0.3) is 0 Å².